The van der Waals surface area contributed by atoms with Gasteiger partial charge in [-0.1, -0.05) is 99.2 Å². The minimum Gasteiger partial charge on any atom is -0.427 e. The van der Waals surface area contributed by atoms with Crippen LogP contribution in [0.25, 0.3) is 0 Å². The van der Waals surface area contributed by atoms with Crippen molar-refractivity contribution in [2.24, 2.45) is 5.92 Å². The van der Waals surface area contributed by atoms with Gasteiger partial charge in [-0.05, 0) is 42.7 Å². The molecule has 0 aromatic heterocycles. The zero-order valence-electron chi connectivity index (χ0n) is 17.4. The smallest absolute Gasteiger partial charge is 0.304 e. The van der Waals surface area contributed by atoms with Gasteiger partial charge in [0.15, 0.2) is 0 Å². The van der Waals surface area contributed by atoms with Gasteiger partial charge in [-0.3, -0.25) is 0 Å². The normalized spacial score (nSPS) is 27.1. The molecule has 2 nitrogen and oxygen atoms in total. The summed E-state index contributed by atoms with van der Waals surface area (Å²) in [6.07, 6.45) is 8.15. The Labute approximate surface area is 171 Å². The zero-order valence-corrected chi connectivity index (χ0v) is 17.4. The molecule has 2 aromatic rings. The molecule has 2 aliphatic heterocycles. The van der Waals surface area contributed by atoms with Gasteiger partial charge >= 0.3 is 6.92 Å². The van der Waals surface area contributed by atoms with Crippen molar-refractivity contribution < 1.29 is 4.65 Å². The molecule has 0 aliphatic carbocycles. The number of hydrogen-bond acceptors (Lipinski definition) is 2. The van der Waals surface area contributed by atoms with Crippen molar-refractivity contribution in [3.05, 3.63) is 71.8 Å². The summed E-state index contributed by atoms with van der Waals surface area (Å²) in [5, 5.41) is 3.46. The van der Waals surface area contributed by atoms with E-state index < -0.39 is 0 Å². The number of rotatable bonds is 6. The number of nitrogens with one attached hydrogen (secondary N) is 1. The standard InChI is InChI=1S/C25H34BNO/c1-19(27-2)25(22-13-7-4-8-14-22)28-26-23-17-9-15-21(16-10-18-23)24(26)20-11-5-3-6-12-20/h3-8,11-14,19,21,23-25,27H,9-10,15-18H2,1-2H3/t19-,21?,23?,24-,25+/m1/s1. The van der Waals surface area contributed by atoms with Crippen LogP contribution in [0.15, 0.2) is 60.7 Å². The first-order valence-corrected chi connectivity index (χ1v) is 11.2. The Hall–Kier alpha value is -1.58. The summed E-state index contributed by atoms with van der Waals surface area (Å²) < 4.78 is 7.13. The van der Waals surface area contributed by atoms with E-state index in [1.54, 1.807) is 0 Å². The second-order valence-electron chi connectivity index (χ2n) is 8.83. The van der Waals surface area contributed by atoms with Crippen LogP contribution in [0.1, 0.15) is 68.5 Å². The molecule has 2 fully saturated rings. The monoisotopic (exact) mass is 375 g/mol. The minimum atomic E-state index is 0.0850. The summed E-state index contributed by atoms with van der Waals surface area (Å²) in [6, 6.07) is 22.3. The molecule has 0 amide bonds. The van der Waals surface area contributed by atoms with Crippen LogP contribution in [0.5, 0.6) is 0 Å². The average molecular weight is 375 g/mol. The van der Waals surface area contributed by atoms with Gasteiger partial charge in [-0.2, -0.15) is 0 Å². The molecular weight excluding hydrogens is 341 g/mol. The predicted molar refractivity (Wildman–Crippen MR) is 119 cm³/mol. The van der Waals surface area contributed by atoms with Gasteiger partial charge in [0.25, 0.3) is 0 Å². The molecule has 2 aromatic carbocycles. The van der Waals surface area contributed by atoms with Crippen LogP contribution in [0, 0.1) is 5.92 Å². The molecule has 0 spiro atoms. The Balaban J connectivity index is 1.70. The Morgan fingerprint density at radius 3 is 2.11 bits per heavy atom. The maximum Gasteiger partial charge on any atom is 0.304 e. The van der Waals surface area contributed by atoms with Gasteiger partial charge in [0, 0.05) is 6.04 Å². The Kier molecular flexibility index (Phi) is 6.54. The first kappa shape index (κ1) is 19.7. The molecule has 3 heteroatoms. The van der Waals surface area contributed by atoms with Crippen molar-refractivity contribution >= 4 is 6.92 Å². The molecule has 2 aliphatic rings. The molecule has 0 unspecified atom stereocenters. The van der Waals surface area contributed by atoms with Gasteiger partial charge in [-0.15, -0.1) is 0 Å². The van der Waals surface area contributed by atoms with Crippen LogP contribution in [0.4, 0.5) is 0 Å². The predicted octanol–water partition coefficient (Wildman–Crippen LogP) is 6.02. The van der Waals surface area contributed by atoms with Crippen molar-refractivity contribution in [2.75, 3.05) is 7.05 Å². The number of likely N-dealkylation sites (N-methyl/N-ethyl adjacent to an activating group) is 1. The maximum absolute atomic E-state index is 7.13. The third-order valence-electron chi connectivity index (χ3n) is 7.15. The fraction of sp³-hybridized carbons (Fsp3) is 0.520. The van der Waals surface area contributed by atoms with Crippen LogP contribution in [0.3, 0.4) is 0 Å². The van der Waals surface area contributed by atoms with E-state index in [2.05, 4.69) is 72.9 Å². The summed E-state index contributed by atoms with van der Waals surface area (Å²) in [7, 11) is 2.05. The fourth-order valence-corrected chi connectivity index (χ4v) is 5.60. The Bertz CT molecular complexity index is 712. The maximum atomic E-state index is 7.13. The van der Waals surface area contributed by atoms with E-state index >= 15 is 0 Å². The zero-order chi connectivity index (χ0) is 19.3. The van der Waals surface area contributed by atoms with Crippen molar-refractivity contribution in [2.45, 2.75) is 69.2 Å². The van der Waals surface area contributed by atoms with Gasteiger partial charge in [0.1, 0.15) is 0 Å². The van der Waals surface area contributed by atoms with Crippen LogP contribution in [-0.4, -0.2) is 20.0 Å². The average Bonchev–Trinajstić information content (AvgIpc) is 3.01. The van der Waals surface area contributed by atoms with Crippen molar-refractivity contribution in [3.8, 4) is 0 Å². The summed E-state index contributed by atoms with van der Waals surface area (Å²) in [6.45, 7) is 2.55. The molecule has 4 rings (SSSR count). The van der Waals surface area contributed by atoms with E-state index in [1.807, 2.05) is 7.05 Å². The summed E-state index contributed by atoms with van der Waals surface area (Å²) in [5.41, 5.74) is 2.77. The lowest BCUT2D eigenvalue weighted by molar-refractivity contribution is 0.155. The SMILES string of the molecule is CN[C@H](C)[C@H](OB1C2CCCC(CCC2)[C@H]1c1ccccc1)c1ccccc1. The van der Waals surface area contributed by atoms with E-state index in [1.165, 1.54) is 49.7 Å². The number of benzene rings is 2. The van der Waals surface area contributed by atoms with E-state index in [9.17, 15) is 0 Å². The highest BCUT2D eigenvalue weighted by Gasteiger charge is 2.45. The lowest BCUT2D eigenvalue weighted by atomic mass is 9.43. The van der Waals surface area contributed by atoms with E-state index in [0.29, 0.717) is 18.6 Å². The first-order chi connectivity index (χ1) is 13.8. The molecule has 0 radical (unpaired) electrons. The molecule has 148 valence electrons. The minimum absolute atomic E-state index is 0.0850. The highest BCUT2D eigenvalue weighted by Crippen LogP contribution is 2.49. The molecule has 2 bridgehead atoms. The summed E-state index contributed by atoms with van der Waals surface area (Å²) in [5.74, 6) is 1.95. The van der Waals surface area contributed by atoms with Crippen LogP contribution >= 0.6 is 0 Å². The molecule has 3 atom stereocenters. The van der Waals surface area contributed by atoms with Gasteiger partial charge in [-0.25, -0.2) is 0 Å². The fourth-order valence-electron chi connectivity index (χ4n) is 5.60. The third kappa shape index (κ3) is 4.21. The van der Waals surface area contributed by atoms with E-state index in [0.717, 1.165) is 5.92 Å². The molecular formula is C25H34BNO. The summed E-state index contributed by atoms with van der Waals surface area (Å²) in [4.78, 5) is 0. The number of fused-ring (bicyclic) bond motifs is 3. The quantitative estimate of drug-likeness (QED) is 0.623. The van der Waals surface area contributed by atoms with E-state index in [-0.39, 0.29) is 12.1 Å². The Morgan fingerprint density at radius 1 is 0.893 bits per heavy atom. The second kappa shape index (κ2) is 9.28. The van der Waals surface area contributed by atoms with Crippen molar-refractivity contribution in [1.29, 1.82) is 0 Å². The second-order valence-corrected chi connectivity index (χ2v) is 8.83. The Morgan fingerprint density at radius 2 is 1.50 bits per heavy atom. The van der Waals surface area contributed by atoms with Gasteiger partial charge < -0.3 is 9.97 Å². The van der Waals surface area contributed by atoms with Gasteiger partial charge in [0.05, 0.1) is 6.10 Å². The number of hydrogen-bond donors (Lipinski definition) is 1. The first-order valence-electron chi connectivity index (χ1n) is 11.2. The third-order valence-corrected chi connectivity index (χ3v) is 7.15. The summed E-state index contributed by atoms with van der Waals surface area (Å²) >= 11 is 0. The molecule has 1 N–H and O–H groups in total. The highest BCUT2D eigenvalue weighted by atomic mass is 16.4. The van der Waals surface area contributed by atoms with Gasteiger partial charge in [0.2, 0.25) is 0 Å². The van der Waals surface area contributed by atoms with Crippen molar-refractivity contribution in [1.82, 2.24) is 5.32 Å². The lowest BCUT2D eigenvalue weighted by Crippen LogP contribution is -2.40. The van der Waals surface area contributed by atoms with Crippen LogP contribution in [0.2, 0.25) is 5.82 Å². The topological polar surface area (TPSA) is 21.3 Å². The molecule has 0 saturated carbocycles. The van der Waals surface area contributed by atoms with E-state index in [4.69, 9.17) is 4.65 Å². The lowest BCUT2D eigenvalue weighted by Gasteiger charge is -2.35. The molecule has 28 heavy (non-hydrogen) atoms. The molecule has 2 saturated heterocycles. The molecule has 2 heterocycles. The van der Waals surface area contributed by atoms with Crippen LogP contribution < -0.4 is 5.32 Å². The highest BCUT2D eigenvalue weighted by molar-refractivity contribution is 6.55. The van der Waals surface area contributed by atoms with Crippen molar-refractivity contribution in [3.63, 3.8) is 0 Å². The largest absolute Gasteiger partial charge is 0.427 e. The van der Waals surface area contributed by atoms with Crippen LogP contribution in [-0.2, 0) is 4.65 Å².